The molecule has 0 aliphatic carbocycles. The van der Waals surface area contributed by atoms with Crippen molar-refractivity contribution in [2.24, 2.45) is 0 Å². The van der Waals surface area contributed by atoms with Crippen LogP contribution < -0.4 is 0 Å². The van der Waals surface area contributed by atoms with E-state index < -0.39 is 17.2 Å². The van der Waals surface area contributed by atoms with Gasteiger partial charge in [-0.3, -0.25) is 8.74 Å². The highest BCUT2D eigenvalue weighted by Gasteiger charge is 2.06. The van der Waals surface area contributed by atoms with Gasteiger partial charge in [-0.15, -0.1) is 0 Å². The molecule has 0 radical (unpaired) electrons. The highest BCUT2D eigenvalue weighted by atomic mass is 35.5. The SMILES string of the molecule is O=S(O)OCc1cccc(F)c1Cl. The van der Waals surface area contributed by atoms with Crippen molar-refractivity contribution in [3.8, 4) is 0 Å². The van der Waals surface area contributed by atoms with Crippen LogP contribution in [0, 0.1) is 5.82 Å². The summed E-state index contributed by atoms with van der Waals surface area (Å²) < 4.78 is 35.5. The van der Waals surface area contributed by atoms with Crippen LogP contribution in [0.3, 0.4) is 0 Å². The van der Waals surface area contributed by atoms with E-state index in [0.29, 0.717) is 5.56 Å². The van der Waals surface area contributed by atoms with Crippen molar-refractivity contribution in [1.82, 2.24) is 0 Å². The van der Waals surface area contributed by atoms with Crippen molar-refractivity contribution in [3.05, 3.63) is 34.6 Å². The van der Waals surface area contributed by atoms with Crippen LogP contribution in [0.1, 0.15) is 5.56 Å². The Morgan fingerprint density at radius 3 is 2.92 bits per heavy atom. The zero-order valence-corrected chi connectivity index (χ0v) is 7.94. The van der Waals surface area contributed by atoms with Crippen molar-refractivity contribution in [2.45, 2.75) is 6.61 Å². The lowest BCUT2D eigenvalue weighted by atomic mass is 10.2. The average Bonchev–Trinajstić information content (AvgIpc) is 2.07. The lowest BCUT2D eigenvalue weighted by Gasteiger charge is -2.02. The van der Waals surface area contributed by atoms with E-state index in [1.807, 2.05) is 0 Å². The van der Waals surface area contributed by atoms with Crippen molar-refractivity contribution in [2.75, 3.05) is 0 Å². The second-order valence-electron chi connectivity index (χ2n) is 2.19. The Morgan fingerprint density at radius 1 is 1.62 bits per heavy atom. The minimum atomic E-state index is -2.36. The summed E-state index contributed by atoms with van der Waals surface area (Å²) in [6, 6.07) is 4.15. The van der Waals surface area contributed by atoms with E-state index in [2.05, 4.69) is 4.18 Å². The zero-order valence-electron chi connectivity index (χ0n) is 6.37. The van der Waals surface area contributed by atoms with Crippen molar-refractivity contribution in [3.63, 3.8) is 0 Å². The van der Waals surface area contributed by atoms with Crippen LogP contribution in [0.5, 0.6) is 0 Å². The molecule has 6 heteroatoms. The smallest absolute Gasteiger partial charge is 0.284 e. The second-order valence-corrected chi connectivity index (χ2v) is 3.24. The fourth-order valence-electron chi connectivity index (χ4n) is 0.774. The van der Waals surface area contributed by atoms with E-state index >= 15 is 0 Å². The molecule has 13 heavy (non-hydrogen) atoms. The molecule has 72 valence electrons. The third-order valence-corrected chi connectivity index (χ3v) is 2.09. The fourth-order valence-corrected chi connectivity index (χ4v) is 1.18. The van der Waals surface area contributed by atoms with Crippen LogP contribution in [0.4, 0.5) is 4.39 Å². The number of hydrogen-bond donors (Lipinski definition) is 1. The first-order valence-corrected chi connectivity index (χ1v) is 4.69. The van der Waals surface area contributed by atoms with E-state index in [9.17, 15) is 8.60 Å². The first-order valence-electron chi connectivity index (χ1n) is 3.28. The molecule has 0 aromatic heterocycles. The molecule has 0 heterocycles. The standard InChI is InChI=1S/C7H6ClFO3S/c8-7-5(4-12-13(10)11)2-1-3-6(7)9/h1-3H,4H2,(H,10,11). The van der Waals surface area contributed by atoms with E-state index in [-0.39, 0.29) is 11.6 Å². The molecule has 0 spiro atoms. The minimum absolute atomic E-state index is 0.0899. The number of halogens is 2. The summed E-state index contributed by atoms with van der Waals surface area (Å²) in [5, 5.41) is -0.0899. The van der Waals surface area contributed by atoms with Crippen LogP contribution in [-0.4, -0.2) is 8.76 Å². The molecule has 0 aliphatic heterocycles. The fraction of sp³-hybridized carbons (Fsp3) is 0.143. The molecule has 1 aromatic carbocycles. The maximum Gasteiger partial charge on any atom is 0.302 e. The monoisotopic (exact) mass is 224 g/mol. The van der Waals surface area contributed by atoms with Crippen LogP contribution in [0.15, 0.2) is 18.2 Å². The molecular formula is C7H6ClFO3S. The summed E-state index contributed by atoms with van der Waals surface area (Å²) in [4.78, 5) is 0. The molecular weight excluding hydrogens is 219 g/mol. The van der Waals surface area contributed by atoms with Crippen molar-refractivity contribution < 1.29 is 17.3 Å². The summed E-state index contributed by atoms with van der Waals surface area (Å²) in [6.07, 6.45) is 0. The molecule has 0 bridgehead atoms. The Balaban J connectivity index is 2.77. The molecule has 0 saturated heterocycles. The lowest BCUT2D eigenvalue weighted by Crippen LogP contribution is -1.97. The number of hydrogen-bond acceptors (Lipinski definition) is 2. The molecule has 0 fully saturated rings. The minimum Gasteiger partial charge on any atom is -0.284 e. The van der Waals surface area contributed by atoms with E-state index in [1.165, 1.54) is 18.2 Å². The highest BCUT2D eigenvalue weighted by Crippen LogP contribution is 2.20. The Kier molecular flexibility index (Phi) is 3.80. The first-order chi connectivity index (χ1) is 6.11. The summed E-state index contributed by atoms with van der Waals surface area (Å²) in [7, 11) is 0. The molecule has 3 nitrogen and oxygen atoms in total. The summed E-state index contributed by atoms with van der Waals surface area (Å²) in [5.41, 5.74) is 0.337. The predicted molar refractivity (Wildman–Crippen MR) is 47.0 cm³/mol. The van der Waals surface area contributed by atoms with Crippen LogP contribution in [-0.2, 0) is 22.2 Å². The lowest BCUT2D eigenvalue weighted by molar-refractivity contribution is 0.296. The van der Waals surface area contributed by atoms with Gasteiger partial charge in [0.05, 0.1) is 11.6 Å². The maximum absolute atomic E-state index is 12.8. The number of rotatable bonds is 3. The Hall–Kier alpha value is -0.490. The van der Waals surface area contributed by atoms with Gasteiger partial charge in [-0.25, -0.2) is 4.39 Å². The van der Waals surface area contributed by atoms with Gasteiger partial charge in [0.1, 0.15) is 5.82 Å². The van der Waals surface area contributed by atoms with Crippen LogP contribution in [0.2, 0.25) is 5.02 Å². The summed E-state index contributed by atoms with van der Waals surface area (Å²) in [6.45, 7) is -0.195. The normalized spacial score (nSPS) is 12.8. The quantitative estimate of drug-likeness (QED) is 0.801. The summed E-state index contributed by atoms with van der Waals surface area (Å²) in [5.74, 6) is -0.577. The largest absolute Gasteiger partial charge is 0.302 e. The molecule has 1 N–H and O–H groups in total. The zero-order chi connectivity index (χ0) is 9.84. The van der Waals surface area contributed by atoms with Crippen LogP contribution in [0.25, 0.3) is 0 Å². The highest BCUT2D eigenvalue weighted by molar-refractivity contribution is 7.74. The molecule has 1 unspecified atom stereocenters. The third kappa shape index (κ3) is 3.04. The Bertz CT molecular complexity index is 332. The van der Waals surface area contributed by atoms with Gasteiger partial charge in [0.25, 0.3) is 0 Å². The predicted octanol–water partition coefficient (Wildman–Crippen LogP) is 2.13. The van der Waals surface area contributed by atoms with Gasteiger partial charge in [0.15, 0.2) is 0 Å². The molecule has 1 aromatic rings. The van der Waals surface area contributed by atoms with Crippen molar-refractivity contribution >= 4 is 23.0 Å². The van der Waals surface area contributed by atoms with E-state index in [1.54, 1.807) is 0 Å². The summed E-state index contributed by atoms with van der Waals surface area (Å²) >= 11 is 3.18. The molecule has 0 saturated carbocycles. The van der Waals surface area contributed by atoms with Gasteiger partial charge in [0.2, 0.25) is 0 Å². The van der Waals surface area contributed by atoms with Gasteiger partial charge >= 0.3 is 11.4 Å². The molecule has 1 atom stereocenters. The van der Waals surface area contributed by atoms with Gasteiger partial charge in [-0.2, -0.15) is 4.21 Å². The van der Waals surface area contributed by atoms with E-state index in [4.69, 9.17) is 16.2 Å². The molecule has 0 amide bonds. The van der Waals surface area contributed by atoms with Crippen molar-refractivity contribution in [1.29, 1.82) is 0 Å². The van der Waals surface area contributed by atoms with E-state index in [0.717, 1.165) is 0 Å². The molecule has 1 rings (SSSR count). The average molecular weight is 225 g/mol. The molecule has 0 aliphatic rings. The Labute approximate surface area is 82.0 Å². The maximum atomic E-state index is 12.8. The number of benzene rings is 1. The van der Waals surface area contributed by atoms with Gasteiger partial charge in [-0.05, 0) is 6.07 Å². The van der Waals surface area contributed by atoms with Gasteiger partial charge in [-0.1, -0.05) is 23.7 Å². The Morgan fingerprint density at radius 2 is 2.31 bits per heavy atom. The van der Waals surface area contributed by atoms with Crippen LogP contribution >= 0.6 is 11.6 Å². The third-order valence-electron chi connectivity index (χ3n) is 1.35. The first kappa shape index (κ1) is 10.6. The van der Waals surface area contributed by atoms with Gasteiger partial charge in [0, 0.05) is 5.56 Å². The topological polar surface area (TPSA) is 46.5 Å². The van der Waals surface area contributed by atoms with Gasteiger partial charge < -0.3 is 0 Å². The second kappa shape index (κ2) is 4.66.